The summed E-state index contributed by atoms with van der Waals surface area (Å²) in [5, 5.41) is 8.45. The lowest BCUT2D eigenvalue weighted by Crippen LogP contribution is -1.88. The molecular weight excluding hydrogens is 331 g/mol. The predicted molar refractivity (Wildman–Crippen MR) is 99.3 cm³/mol. The van der Waals surface area contributed by atoms with Crippen molar-refractivity contribution in [1.29, 1.82) is 0 Å². The number of ether oxygens (including phenoxy) is 2. The van der Waals surface area contributed by atoms with Gasteiger partial charge in [-0.25, -0.2) is 4.39 Å². The molecular formula is C21H17FN2O2. The van der Waals surface area contributed by atoms with Crippen LogP contribution in [0.15, 0.2) is 60.7 Å². The van der Waals surface area contributed by atoms with Crippen LogP contribution in [0.5, 0.6) is 17.2 Å². The predicted octanol–water partition coefficient (Wildman–Crippen LogP) is 5.48. The topological polar surface area (TPSA) is 47.1 Å². The van der Waals surface area contributed by atoms with Crippen LogP contribution in [0.1, 0.15) is 5.56 Å². The molecule has 1 heterocycles. The van der Waals surface area contributed by atoms with E-state index < -0.39 is 5.82 Å². The third-order valence-electron chi connectivity index (χ3n) is 4.29. The molecule has 26 heavy (non-hydrogen) atoms. The molecule has 0 spiro atoms. The Bertz CT molecular complexity index is 1090. The lowest BCUT2D eigenvalue weighted by atomic mass is 10.0. The zero-order valence-corrected chi connectivity index (χ0v) is 14.4. The Morgan fingerprint density at radius 2 is 1.77 bits per heavy atom. The smallest absolute Gasteiger partial charge is 0.165 e. The van der Waals surface area contributed by atoms with Crippen LogP contribution in [0.2, 0.25) is 0 Å². The second-order valence-corrected chi connectivity index (χ2v) is 5.99. The van der Waals surface area contributed by atoms with Crippen molar-refractivity contribution in [2.24, 2.45) is 0 Å². The number of para-hydroxylation sites is 1. The lowest BCUT2D eigenvalue weighted by Gasteiger charge is -2.08. The fourth-order valence-corrected chi connectivity index (χ4v) is 2.95. The summed E-state index contributed by atoms with van der Waals surface area (Å²) in [6, 6.07) is 17.8. The molecule has 0 atom stereocenters. The first kappa shape index (κ1) is 16.1. The quantitative estimate of drug-likeness (QED) is 0.531. The van der Waals surface area contributed by atoms with Gasteiger partial charge in [-0.15, -0.1) is 0 Å². The largest absolute Gasteiger partial charge is 0.497 e. The minimum Gasteiger partial charge on any atom is -0.497 e. The first-order valence-electron chi connectivity index (χ1n) is 8.21. The van der Waals surface area contributed by atoms with Gasteiger partial charge in [-0.1, -0.05) is 12.1 Å². The Labute approximate surface area is 150 Å². The van der Waals surface area contributed by atoms with Crippen molar-refractivity contribution < 1.29 is 13.9 Å². The minimum atomic E-state index is -0.397. The SMILES string of the molecule is COc1ccc(-c2n[nH]c3cc(Oc4ccccc4F)ccc23)c(C)c1. The highest BCUT2D eigenvalue weighted by Gasteiger charge is 2.12. The van der Waals surface area contributed by atoms with E-state index in [9.17, 15) is 4.39 Å². The van der Waals surface area contributed by atoms with E-state index in [2.05, 4.69) is 10.2 Å². The number of aromatic nitrogens is 2. The van der Waals surface area contributed by atoms with Gasteiger partial charge >= 0.3 is 0 Å². The number of hydrogen-bond acceptors (Lipinski definition) is 3. The van der Waals surface area contributed by atoms with Gasteiger partial charge in [0.15, 0.2) is 11.6 Å². The van der Waals surface area contributed by atoms with Crippen LogP contribution < -0.4 is 9.47 Å². The number of nitrogens with one attached hydrogen (secondary N) is 1. The number of rotatable bonds is 4. The normalized spacial score (nSPS) is 10.9. The van der Waals surface area contributed by atoms with Crippen LogP contribution in [0, 0.1) is 12.7 Å². The summed E-state index contributed by atoms with van der Waals surface area (Å²) in [5.74, 6) is 1.15. The molecule has 0 saturated heterocycles. The number of benzene rings is 3. The van der Waals surface area contributed by atoms with Crippen LogP contribution >= 0.6 is 0 Å². The molecule has 5 heteroatoms. The van der Waals surface area contributed by atoms with E-state index in [1.807, 2.05) is 43.3 Å². The standard InChI is InChI=1S/C21H17FN2O2/c1-13-11-14(25-2)7-9-16(13)21-17-10-8-15(12-19(17)23-24-21)26-20-6-4-3-5-18(20)22/h3-12H,1-2H3,(H,23,24). The summed E-state index contributed by atoms with van der Waals surface area (Å²) >= 11 is 0. The van der Waals surface area contributed by atoms with Gasteiger partial charge in [-0.05, 0) is 55.0 Å². The molecule has 0 unspecified atom stereocenters. The number of aryl methyl sites for hydroxylation is 1. The maximum atomic E-state index is 13.8. The van der Waals surface area contributed by atoms with Crippen molar-refractivity contribution in [3.8, 4) is 28.5 Å². The molecule has 1 aromatic heterocycles. The van der Waals surface area contributed by atoms with Gasteiger partial charge in [-0.3, -0.25) is 5.10 Å². The number of H-pyrrole nitrogens is 1. The summed E-state index contributed by atoms with van der Waals surface area (Å²) in [6.45, 7) is 2.02. The van der Waals surface area contributed by atoms with Gasteiger partial charge in [-0.2, -0.15) is 5.10 Å². The van der Waals surface area contributed by atoms with E-state index in [-0.39, 0.29) is 5.75 Å². The van der Waals surface area contributed by atoms with Crippen LogP contribution in [-0.2, 0) is 0 Å². The average Bonchev–Trinajstić information content (AvgIpc) is 3.06. The molecule has 0 aliphatic heterocycles. The van der Waals surface area contributed by atoms with E-state index in [1.54, 1.807) is 25.3 Å². The van der Waals surface area contributed by atoms with E-state index >= 15 is 0 Å². The molecule has 0 bridgehead atoms. The highest BCUT2D eigenvalue weighted by Crippen LogP contribution is 2.33. The number of hydrogen-bond donors (Lipinski definition) is 1. The molecule has 4 aromatic rings. The molecule has 0 aliphatic carbocycles. The van der Waals surface area contributed by atoms with Crippen molar-refractivity contribution in [2.45, 2.75) is 6.92 Å². The molecule has 0 fully saturated rings. The third kappa shape index (κ3) is 2.88. The molecule has 0 amide bonds. The number of fused-ring (bicyclic) bond motifs is 1. The number of nitrogens with zero attached hydrogens (tertiary/aromatic N) is 1. The van der Waals surface area contributed by atoms with Crippen molar-refractivity contribution in [1.82, 2.24) is 10.2 Å². The molecule has 1 N–H and O–H groups in total. The Balaban J connectivity index is 1.71. The van der Waals surface area contributed by atoms with Gasteiger partial charge in [0.25, 0.3) is 0 Å². The van der Waals surface area contributed by atoms with Gasteiger partial charge in [0.2, 0.25) is 0 Å². The number of aromatic amines is 1. The second-order valence-electron chi connectivity index (χ2n) is 5.99. The lowest BCUT2D eigenvalue weighted by molar-refractivity contribution is 0.414. The van der Waals surface area contributed by atoms with E-state index in [1.165, 1.54) is 6.07 Å². The van der Waals surface area contributed by atoms with Crippen molar-refractivity contribution >= 4 is 10.9 Å². The van der Waals surface area contributed by atoms with Gasteiger partial charge in [0.05, 0.1) is 12.6 Å². The summed E-state index contributed by atoms with van der Waals surface area (Å²) < 4.78 is 24.7. The molecule has 130 valence electrons. The Morgan fingerprint density at radius 1 is 0.962 bits per heavy atom. The van der Waals surface area contributed by atoms with E-state index in [4.69, 9.17) is 9.47 Å². The maximum Gasteiger partial charge on any atom is 0.165 e. The fraction of sp³-hybridized carbons (Fsp3) is 0.0952. The first-order chi connectivity index (χ1) is 12.7. The maximum absolute atomic E-state index is 13.8. The highest BCUT2D eigenvalue weighted by atomic mass is 19.1. The summed E-state index contributed by atoms with van der Waals surface area (Å²) in [7, 11) is 1.65. The fourth-order valence-electron chi connectivity index (χ4n) is 2.95. The summed E-state index contributed by atoms with van der Waals surface area (Å²) in [5.41, 5.74) is 3.78. The van der Waals surface area contributed by atoms with Crippen molar-refractivity contribution in [2.75, 3.05) is 7.11 Å². The van der Waals surface area contributed by atoms with E-state index in [0.29, 0.717) is 5.75 Å². The first-order valence-corrected chi connectivity index (χ1v) is 8.21. The molecule has 0 saturated carbocycles. The molecule has 0 radical (unpaired) electrons. The van der Waals surface area contributed by atoms with E-state index in [0.717, 1.165) is 33.5 Å². The van der Waals surface area contributed by atoms with Gasteiger partial charge in [0, 0.05) is 17.0 Å². The molecule has 0 aliphatic rings. The monoisotopic (exact) mass is 348 g/mol. The third-order valence-corrected chi connectivity index (χ3v) is 4.29. The van der Waals surface area contributed by atoms with Gasteiger partial charge in [0.1, 0.15) is 17.2 Å². The summed E-state index contributed by atoms with van der Waals surface area (Å²) in [6.07, 6.45) is 0. The van der Waals surface area contributed by atoms with Crippen LogP contribution in [0.3, 0.4) is 0 Å². The molecule has 4 rings (SSSR count). The Morgan fingerprint density at radius 3 is 2.54 bits per heavy atom. The minimum absolute atomic E-state index is 0.192. The average molecular weight is 348 g/mol. The van der Waals surface area contributed by atoms with Crippen LogP contribution in [-0.4, -0.2) is 17.3 Å². The second kappa shape index (κ2) is 6.52. The highest BCUT2D eigenvalue weighted by molar-refractivity contribution is 5.94. The zero-order chi connectivity index (χ0) is 18.1. The van der Waals surface area contributed by atoms with Crippen LogP contribution in [0.25, 0.3) is 22.2 Å². The summed E-state index contributed by atoms with van der Waals surface area (Å²) in [4.78, 5) is 0. The zero-order valence-electron chi connectivity index (χ0n) is 14.4. The van der Waals surface area contributed by atoms with Crippen molar-refractivity contribution in [3.05, 3.63) is 72.0 Å². The Kier molecular flexibility index (Phi) is 4.05. The number of halogens is 1. The van der Waals surface area contributed by atoms with Gasteiger partial charge < -0.3 is 9.47 Å². The number of methoxy groups -OCH3 is 1. The Hall–Kier alpha value is -3.34. The van der Waals surface area contributed by atoms with Crippen molar-refractivity contribution in [3.63, 3.8) is 0 Å². The molecule has 4 nitrogen and oxygen atoms in total. The van der Waals surface area contributed by atoms with Crippen LogP contribution in [0.4, 0.5) is 4.39 Å². The molecule has 3 aromatic carbocycles.